The first-order valence-electron chi connectivity index (χ1n) is 4.25. The van der Waals surface area contributed by atoms with Gasteiger partial charge >= 0.3 is 0 Å². The normalized spacial score (nSPS) is 10.0. The van der Waals surface area contributed by atoms with Gasteiger partial charge in [-0.15, -0.1) is 0 Å². The lowest BCUT2D eigenvalue weighted by Gasteiger charge is -2.05. The summed E-state index contributed by atoms with van der Waals surface area (Å²) in [5, 5.41) is 3.04. The first-order chi connectivity index (χ1) is 7.25. The van der Waals surface area contributed by atoms with Crippen molar-refractivity contribution in [3.05, 3.63) is 47.6 Å². The fourth-order valence-electron chi connectivity index (χ4n) is 1.10. The Hall–Kier alpha value is -1.68. The van der Waals surface area contributed by atoms with E-state index in [2.05, 4.69) is 15.3 Å². The van der Waals surface area contributed by atoms with E-state index < -0.39 is 0 Å². The predicted molar refractivity (Wildman–Crippen MR) is 56.7 cm³/mol. The molecule has 0 fully saturated rings. The zero-order valence-corrected chi connectivity index (χ0v) is 8.37. The molecular formula is C10H7ClFN3. The van der Waals surface area contributed by atoms with Crippen LogP contribution in [0.5, 0.6) is 0 Å². The number of hydrogen-bond donors (Lipinski definition) is 1. The fourth-order valence-corrected chi connectivity index (χ4v) is 1.25. The minimum absolute atomic E-state index is 0.260. The fraction of sp³-hybridized carbons (Fsp3) is 0. The molecule has 1 aromatic heterocycles. The van der Waals surface area contributed by atoms with Crippen LogP contribution < -0.4 is 5.32 Å². The lowest BCUT2D eigenvalue weighted by atomic mass is 10.3. The number of para-hydroxylation sites is 1. The van der Waals surface area contributed by atoms with E-state index in [9.17, 15) is 4.39 Å². The summed E-state index contributed by atoms with van der Waals surface area (Å²) >= 11 is 5.64. The van der Waals surface area contributed by atoms with Gasteiger partial charge in [-0.25, -0.2) is 9.37 Å². The number of rotatable bonds is 2. The van der Waals surface area contributed by atoms with E-state index in [4.69, 9.17) is 11.6 Å². The number of benzene rings is 1. The van der Waals surface area contributed by atoms with Gasteiger partial charge in [0, 0.05) is 0 Å². The molecule has 1 aromatic carbocycles. The Balaban J connectivity index is 2.26. The van der Waals surface area contributed by atoms with Crippen LogP contribution in [-0.2, 0) is 0 Å². The molecule has 2 aromatic rings. The average molecular weight is 224 g/mol. The molecule has 1 heterocycles. The molecule has 0 amide bonds. The molecule has 0 aliphatic rings. The monoisotopic (exact) mass is 223 g/mol. The molecule has 2 rings (SSSR count). The number of hydrogen-bond acceptors (Lipinski definition) is 3. The van der Waals surface area contributed by atoms with Gasteiger partial charge in [0.25, 0.3) is 0 Å². The molecular weight excluding hydrogens is 217 g/mol. The van der Waals surface area contributed by atoms with Gasteiger partial charge in [-0.05, 0) is 12.1 Å². The maximum atomic E-state index is 13.2. The minimum Gasteiger partial charge on any atom is -0.337 e. The largest absolute Gasteiger partial charge is 0.337 e. The van der Waals surface area contributed by atoms with Crippen molar-refractivity contribution in [1.29, 1.82) is 0 Å². The summed E-state index contributed by atoms with van der Waals surface area (Å²) in [5.74, 6) is 0.0619. The molecule has 0 bridgehead atoms. The van der Waals surface area contributed by atoms with E-state index in [1.807, 2.05) is 0 Å². The molecule has 0 saturated heterocycles. The zero-order chi connectivity index (χ0) is 10.7. The lowest BCUT2D eigenvalue weighted by molar-refractivity contribution is 0.632. The van der Waals surface area contributed by atoms with Gasteiger partial charge in [0.2, 0.25) is 0 Å². The smallest absolute Gasteiger partial charge is 0.150 e. The molecule has 0 spiro atoms. The van der Waals surface area contributed by atoms with E-state index in [-0.39, 0.29) is 11.0 Å². The van der Waals surface area contributed by atoms with Gasteiger partial charge in [-0.1, -0.05) is 23.7 Å². The summed E-state index contributed by atoms with van der Waals surface area (Å²) < 4.78 is 13.2. The first kappa shape index (κ1) is 9.86. The Bertz CT molecular complexity index is 476. The summed E-state index contributed by atoms with van der Waals surface area (Å²) in [5.41, 5.74) is 0.342. The summed E-state index contributed by atoms with van der Waals surface area (Å²) in [6, 6.07) is 6.31. The molecule has 0 atom stereocenters. The number of nitrogens with one attached hydrogen (secondary N) is 1. The number of nitrogens with zero attached hydrogens (tertiary/aromatic N) is 2. The highest BCUT2D eigenvalue weighted by Crippen LogP contribution is 2.18. The van der Waals surface area contributed by atoms with Crippen LogP contribution in [0.1, 0.15) is 0 Å². The number of aromatic nitrogens is 2. The Morgan fingerprint density at radius 1 is 1.20 bits per heavy atom. The Labute approximate surface area is 90.9 Å². The number of anilines is 2. The lowest BCUT2D eigenvalue weighted by Crippen LogP contribution is -1.96. The molecule has 76 valence electrons. The second kappa shape index (κ2) is 4.23. The molecule has 5 heteroatoms. The molecule has 0 unspecified atom stereocenters. The maximum absolute atomic E-state index is 13.2. The highest BCUT2D eigenvalue weighted by Gasteiger charge is 2.02. The van der Waals surface area contributed by atoms with Crippen molar-refractivity contribution >= 4 is 23.1 Å². The Morgan fingerprint density at radius 2 is 2.00 bits per heavy atom. The highest BCUT2D eigenvalue weighted by atomic mass is 35.5. The van der Waals surface area contributed by atoms with Crippen LogP contribution in [0.4, 0.5) is 15.9 Å². The van der Waals surface area contributed by atoms with Crippen molar-refractivity contribution < 1.29 is 4.39 Å². The third-order valence-electron chi connectivity index (χ3n) is 1.74. The number of halogens is 2. The highest BCUT2D eigenvalue weighted by molar-refractivity contribution is 6.29. The summed E-state index contributed by atoms with van der Waals surface area (Å²) in [7, 11) is 0. The van der Waals surface area contributed by atoms with Crippen molar-refractivity contribution in [2.24, 2.45) is 0 Å². The molecule has 15 heavy (non-hydrogen) atoms. The van der Waals surface area contributed by atoms with Crippen LogP contribution in [-0.4, -0.2) is 9.97 Å². The summed E-state index contributed by atoms with van der Waals surface area (Å²) in [6.07, 6.45) is 2.88. The average Bonchev–Trinajstić information content (AvgIpc) is 2.22. The van der Waals surface area contributed by atoms with E-state index in [0.29, 0.717) is 11.5 Å². The Kier molecular flexibility index (Phi) is 2.78. The molecule has 0 radical (unpaired) electrons. The zero-order valence-electron chi connectivity index (χ0n) is 7.61. The first-order valence-corrected chi connectivity index (χ1v) is 4.62. The predicted octanol–water partition coefficient (Wildman–Crippen LogP) is 3.01. The minimum atomic E-state index is -0.348. The van der Waals surface area contributed by atoms with Gasteiger partial charge in [0.1, 0.15) is 11.0 Å². The quantitative estimate of drug-likeness (QED) is 0.851. The van der Waals surface area contributed by atoms with Crippen LogP contribution in [0.15, 0.2) is 36.7 Å². The van der Waals surface area contributed by atoms with E-state index in [1.165, 1.54) is 18.5 Å². The summed E-state index contributed by atoms with van der Waals surface area (Å²) in [6.45, 7) is 0. The molecule has 0 saturated carbocycles. The topological polar surface area (TPSA) is 37.8 Å². The standard InChI is InChI=1S/C10H7ClFN3/c11-9-5-13-6-10(15-9)14-8-4-2-1-3-7(8)12/h1-6H,(H,14,15). The second-order valence-corrected chi connectivity index (χ2v) is 3.22. The van der Waals surface area contributed by atoms with Crippen LogP contribution in [0.3, 0.4) is 0 Å². The van der Waals surface area contributed by atoms with Crippen molar-refractivity contribution in [2.75, 3.05) is 5.32 Å². The SMILES string of the molecule is Fc1ccccc1Nc1cncc(Cl)n1. The van der Waals surface area contributed by atoms with E-state index in [1.54, 1.807) is 18.2 Å². The molecule has 0 aliphatic carbocycles. The van der Waals surface area contributed by atoms with Crippen LogP contribution in [0, 0.1) is 5.82 Å². The van der Waals surface area contributed by atoms with Crippen LogP contribution in [0.2, 0.25) is 5.15 Å². The van der Waals surface area contributed by atoms with Crippen molar-refractivity contribution in [1.82, 2.24) is 9.97 Å². The Morgan fingerprint density at radius 3 is 2.73 bits per heavy atom. The van der Waals surface area contributed by atoms with Gasteiger partial charge in [-0.2, -0.15) is 0 Å². The van der Waals surface area contributed by atoms with Gasteiger partial charge < -0.3 is 5.32 Å². The van der Waals surface area contributed by atoms with Gasteiger partial charge in [-0.3, -0.25) is 4.98 Å². The third-order valence-corrected chi connectivity index (χ3v) is 1.92. The summed E-state index contributed by atoms with van der Waals surface area (Å²) in [4.78, 5) is 7.77. The maximum Gasteiger partial charge on any atom is 0.150 e. The van der Waals surface area contributed by atoms with Crippen LogP contribution in [0.25, 0.3) is 0 Å². The van der Waals surface area contributed by atoms with Gasteiger partial charge in [0.15, 0.2) is 5.82 Å². The van der Waals surface area contributed by atoms with E-state index in [0.717, 1.165) is 0 Å². The van der Waals surface area contributed by atoms with E-state index >= 15 is 0 Å². The molecule has 1 N–H and O–H groups in total. The second-order valence-electron chi connectivity index (χ2n) is 2.83. The van der Waals surface area contributed by atoms with Crippen molar-refractivity contribution in [3.63, 3.8) is 0 Å². The van der Waals surface area contributed by atoms with Crippen molar-refractivity contribution in [2.45, 2.75) is 0 Å². The van der Waals surface area contributed by atoms with Gasteiger partial charge in [0.05, 0.1) is 18.1 Å². The van der Waals surface area contributed by atoms with Crippen molar-refractivity contribution in [3.8, 4) is 0 Å². The third kappa shape index (κ3) is 2.41. The van der Waals surface area contributed by atoms with Crippen LogP contribution >= 0.6 is 11.6 Å². The molecule has 0 aliphatic heterocycles. The molecule has 3 nitrogen and oxygen atoms in total.